The number of carbonyl (C=O) groups excluding carboxylic acids is 1. The summed E-state index contributed by atoms with van der Waals surface area (Å²) in [4.78, 5) is 13.5. The average molecular weight is 231 g/mol. The molecule has 0 aromatic rings. The summed E-state index contributed by atoms with van der Waals surface area (Å²) in [6, 6.07) is -0.336. The van der Waals surface area contributed by atoms with Crippen LogP contribution < -0.4 is 0 Å². The van der Waals surface area contributed by atoms with Crippen molar-refractivity contribution < 1.29 is 19.7 Å². The van der Waals surface area contributed by atoms with E-state index in [-0.39, 0.29) is 12.0 Å². The topological polar surface area (TPSA) is 70.0 Å². The lowest BCUT2D eigenvalue weighted by Crippen LogP contribution is -2.41. The molecule has 0 aromatic carbocycles. The van der Waals surface area contributed by atoms with Crippen molar-refractivity contribution in [2.24, 2.45) is 0 Å². The second kappa shape index (κ2) is 6.18. The predicted molar refractivity (Wildman–Crippen MR) is 58.9 cm³/mol. The van der Waals surface area contributed by atoms with Crippen molar-refractivity contribution in [2.45, 2.75) is 44.9 Å². The van der Waals surface area contributed by atoms with Gasteiger partial charge in [-0.25, -0.2) is 0 Å². The Balaban J connectivity index is 2.60. The SMILES string of the molecule is CCC[C@H](C(=O)OCC)N1C[C@@H](O)[C@@H](O)C1. The summed E-state index contributed by atoms with van der Waals surface area (Å²) in [7, 11) is 0. The zero-order valence-electron chi connectivity index (χ0n) is 9.93. The normalized spacial score (nSPS) is 28.0. The number of hydrogen-bond donors (Lipinski definition) is 2. The van der Waals surface area contributed by atoms with Crippen molar-refractivity contribution in [3.63, 3.8) is 0 Å². The van der Waals surface area contributed by atoms with Crippen LogP contribution in [-0.2, 0) is 9.53 Å². The fourth-order valence-corrected chi connectivity index (χ4v) is 2.01. The third kappa shape index (κ3) is 3.17. The summed E-state index contributed by atoms with van der Waals surface area (Å²) >= 11 is 0. The van der Waals surface area contributed by atoms with E-state index in [4.69, 9.17) is 4.74 Å². The minimum atomic E-state index is -0.756. The summed E-state index contributed by atoms with van der Waals surface area (Å²) in [6.45, 7) is 4.80. The Bertz CT molecular complexity index is 224. The van der Waals surface area contributed by atoms with Crippen LogP contribution in [0.25, 0.3) is 0 Å². The van der Waals surface area contributed by atoms with E-state index in [0.717, 1.165) is 6.42 Å². The molecule has 0 aliphatic carbocycles. The molecule has 1 saturated heterocycles. The highest BCUT2D eigenvalue weighted by atomic mass is 16.5. The molecule has 0 spiro atoms. The van der Waals surface area contributed by atoms with Crippen molar-refractivity contribution >= 4 is 5.97 Å². The summed E-state index contributed by atoms with van der Waals surface area (Å²) in [5.74, 6) is -0.259. The number of carbonyl (C=O) groups is 1. The fraction of sp³-hybridized carbons (Fsp3) is 0.909. The van der Waals surface area contributed by atoms with Crippen LogP contribution in [0.4, 0.5) is 0 Å². The summed E-state index contributed by atoms with van der Waals surface area (Å²) in [5.41, 5.74) is 0. The average Bonchev–Trinajstić information content (AvgIpc) is 2.55. The van der Waals surface area contributed by atoms with Crippen molar-refractivity contribution in [1.29, 1.82) is 0 Å². The first kappa shape index (κ1) is 13.4. The Morgan fingerprint density at radius 2 is 1.94 bits per heavy atom. The molecule has 0 bridgehead atoms. The molecule has 1 fully saturated rings. The van der Waals surface area contributed by atoms with E-state index in [0.29, 0.717) is 26.1 Å². The predicted octanol–water partition coefficient (Wildman–Crippen LogP) is -0.244. The summed E-state index contributed by atoms with van der Waals surface area (Å²) < 4.78 is 5.00. The van der Waals surface area contributed by atoms with Gasteiger partial charge >= 0.3 is 5.97 Å². The van der Waals surface area contributed by atoms with Crippen LogP contribution >= 0.6 is 0 Å². The van der Waals surface area contributed by atoms with Crippen molar-refractivity contribution in [2.75, 3.05) is 19.7 Å². The molecule has 3 atom stereocenters. The zero-order chi connectivity index (χ0) is 12.1. The number of esters is 1. The van der Waals surface area contributed by atoms with Gasteiger partial charge in [-0.1, -0.05) is 13.3 Å². The monoisotopic (exact) mass is 231 g/mol. The first-order chi connectivity index (χ1) is 7.60. The second-order valence-electron chi connectivity index (χ2n) is 4.15. The summed E-state index contributed by atoms with van der Waals surface area (Å²) in [5, 5.41) is 18.9. The minimum Gasteiger partial charge on any atom is -0.465 e. The van der Waals surface area contributed by atoms with E-state index in [1.165, 1.54) is 0 Å². The van der Waals surface area contributed by atoms with Gasteiger partial charge in [-0.2, -0.15) is 0 Å². The highest BCUT2D eigenvalue weighted by Crippen LogP contribution is 2.17. The molecule has 0 aromatic heterocycles. The Morgan fingerprint density at radius 1 is 1.38 bits per heavy atom. The lowest BCUT2D eigenvalue weighted by Gasteiger charge is -2.25. The van der Waals surface area contributed by atoms with Gasteiger partial charge in [0.15, 0.2) is 0 Å². The fourth-order valence-electron chi connectivity index (χ4n) is 2.01. The smallest absolute Gasteiger partial charge is 0.323 e. The maximum atomic E-state index is 11.7. The highest BCUT2D eigenvalue weighted by molar-refractivity contribution is 5.75. The lowest BCUT2D eigenvalue weighted by atomic mass is 10.1. The van der Waals surface area contributed by atoms with Gasteiger partial charge in [0.2, 0.25) is 0 Å². The second-order valence-corrected chi connectivity index (χ2v) is 4.15. The molecule has 0 radical (unpaired) electrons. The van der Waals surface area contributed by atoms with Gasteiger partial charge in [-0.15, -0.1) is 0 Å². The third-order valence-electron chi connectivity index (χ3n) is 2.85. The Kier molecular flexibility index (Phi) is 5.18. The molecule has 0 saturated carbocycles. The number of likely N-dealkylation sites (tertiary alicyclic amines) is 1. The highest BCUT2D eigenvalue weighted by Gasteiger charge is 2.36. The van der Waals surface area contributed by atoms with E-state index in [9.17, 15) is 15.0 Å². The van der Waals surface area contributed by atoms with Crippen LogP contribution in [0.15, 0.2) is 0 Å². The standard InChI is InChI=1S/C11H21NO4/c1-3-5-8(11(15)16-4-2)12-6-9(13)10(14)7-12/h8-10,13-14H,3-7H2,1-2H3/t8-,9-,10+/m1/s1. The third-order valence-corrected chi connectivity index (χ3v) is 2.85. The minimum absolute atomic E-state index is 0.259. The van der Waals surface area contributed by atoms with Crippen LogP contribution in [0.1, 0.15) is 26.7 Å². The largest absolute Gasteiger partial charge is 0.465 e. The number of hydrogen-bond acceptors (Lipinski definition) is 5. The molecule has 1 aliphatic heterocycles. The lowest BCUT2D eigenvalue weighted by molar-refractivity contribution is -0.149. The molecule has 5 heteroatoms. The Labute approximate surface area is 96.0 Å². The molecule has 94 valence electrons. The van der Waals surface area contributed by atoms with Gasteiger partial charge in [0, 0.05) is 13.1 Å². The number of ether oxygens (including phenoxy) is 1. The van der Waals surface area contributed by atoms with Crippen LogP contribution in [0.2, 0.25) is 0 Å². The number of aliphatic hydroxyl groups excluding tert-OH is 2. The molecule has 1 heterocycles. The number of β-amino-alcohol motifs (C(OH)–C–C–N with tert-alkyl or cyclic N) is 2. The van der Waals surface area contributed by atoms with Gasteiger partial charge in [0.25, 0.3) is 0 Å². The quantitative estimate of drug-likeness (QED) is 0.639. The van der Waals surface area contributed by atoms with Crippen LogP contribution in [0.3, 0.4) is 0 Å². The van der Waals surface area contributed by atoms with Gasteiger partial charge in [0.1, 0.15) is 6.04 Å². The Morgan fingerprint density at radius 3 is 2.38 bits per heavy atom. The molecule has 2 N–H and O–H groups in total. The molecule has 1 aliphatic rings. The van der Waals surface area contributed by atoms with Crippen molar-refractivity contribution in [1.82, 2.24) is 4.90 Å². The van der Waals surface area contributed by atoms with Gasteiger partial charge in [-0.05, 0) is 13.3 Å². The van der Waals surface area contributed by atoms with Crippen LogP contribution in [0.5, 0.6) is 0 Å². The molecular weight excluding hydrogens is 210 g/mol. The van der Waals surface area contributed by atoms with E-state index < -0.39 is 12.2 Å². The molecular formula is C11H21NO4. The number of aliphatic hydroxyl groups is 2. The number of nitrogens with zero attached hydrogens (tertiary/aromatic N) is 1. The zero-order valence-corrected chi connectivity index (χ0v) is 9.93. The maximum Gasteiger partial charge on any atom is 0.323 e. The van der Waals surface area contributed by atoms with Gasteiger partial charge in [-0.3, -0.25) is 9.69 Å². The molecule has 0 amide bonds. The van der Waals surface area contributed by atoms with Crippen molar-refractivity contribution in [3.8, 4) is 0 Å². The molecule has 0 unspecified atom stereocenters. The van der Waals surface area contributed by atoms with E-state index >= 15 is 0 Å². The van der Waals surface area contributed by atoms with Gasteiger partial charge in [0.05, 0.1) is 18.8 Å². The molecule has 1 rings (SSSR count). The Hall–Kier alpha value is -0.650. The molecule has 5 nitrogen and oxygen atoms in total. The van der Waals surface area contributed by atoms with Gasteiger partial charge < -0.3 is 14.9 Å². The van der Waals surface area contributed by atoms with Crippen LogP contribution in [-0.4, -0.2) is 59.0 Å². The molecule has 16 heavy (non-hydrogen) atoms. The first-order valence-electron chi connectivity index (χ1n) is 5.86. The number of rotatable bonds is 5. The van der Waals surface area contributed by atoms with Crippen LogP contribution in [0, 0.1) is 0 Å². The van der Waals surface area contributed by atoms with E-state index in [1.807, 2.05) is 6.92 Å². The summed E-state index contributed by atoms with van der Waals surface area (Å²) in [6.07, 6.45) is 0.0485. The maximum absolute atomic E-state index is 11.7. The van der Waals surface area contributed by atoms with E-state index in [2.05, 4.69) is 0 Å². The van der Waals surface area contributed by atoms with Crippen molar-refractivity contribution in [3.05, 3.63) is 0 Å². The first-order valence-corrected chi connectivity index (χ1v) is 5.86. The van der Waals surface area contributed by atoms with E-state index in [1.54, 1.807) is 11.8 Å².